The number of thioether (sulfide) groups is 1. The van der Waals surface area contributed by atoms with Crippen molar-refractivity contribution < 1.29 is 22.7 Å². The molecule has 7 nitrogen and oxygen atoms in total. The normalized spacial score (nSPS) is 15.5. The number of nitrogens with zero attached hydrogens (tertiary/aromatic N) is 1. The lowest BCUT2D eigenvalue weighted by Crippen LogP contribution is -2.41. The number of hydrogen-bond donors (Lipinski definition) is 1. The fraction of sp³-hybridized carbons (Fsp3) is 0.333. The van der Waals surface area contributed by atoms with Gasteiger partial charge in [-0.3, -0.25) is 4.79 Å². The van der Waals surface area contributed by atoms with Crippen molar-refractivity contribution in [2.75, 3.05) is 31.8 Å². The molecule has 160 valence electrons. The first-order valence-corrected chi connectivity index (χ1v) is 12.2. The Morgan fingerprint density at radius 3 is 2.30 bits per heavy atom. The Bertz CT molecular complexity index is 1010. The summed E-state index contributed by atoms with van der Waals surface area (Å²) in [5, 5.41) is 2.90. The van der Waals surface area contributed by atoms with Crippen molar-refractivity contribution in [3.05, 3.63) is 54.1 Å². The van der Waals surface area contributed by atoms with Gasteiger partial charge in [0.2, 0.25) is 15.9 Å². The number of ether oxygens (including phenoxy) is 1. The zero-order valence-electron chi connectivity index (χ0n) is 16.8. The lowest BCUT2D eigenvalue weighted by atomic mass is 9.97. The van der Waals surface area contributed by atoms with E-state index in [1.165, 1.54) is 23.5 Å². The molecule has 2 aromatic carbocycles. The molecule has 0 radical (unpaired) electrons. The summed E-state index contributed by atoms with van der Waals surface area (Å²) in [5.41, 5.74) is 0.730. The number of piperidine rings is 1. The van der Waals surface area contributed by atoms with E-state index in [9.17, 15) is 18.0 Å². The van der Waals surface area contributed by atoms with E-state index in [-0.39, 0.29) is 35.4 Å². The number of carbonyl (C=O) groups is 2. The van der Waals surface area contributed by atoms with Gasteiger partial charge in [-0.2, -0.15) is 4.31 Å². The van der Waals surface area contributed by atoms with Crippen LogP contribution in [0.5, 0.6) is 0 Å². The van der Waals surface area contributed by atoms with Gasteiger partial charge in [0.25, 0.3) is 0 Å². The van der Waals surface area contributed by atoms with Crippen LogP contribution < -0.4 is 5.32 Å². The Balaban J connectivity index is 1.66. The molecule has 3 rings (SSSR count). The minimum Gasteiger partial charge on any atom is -0.465 e. The zero-order chi connectivity index (χ0) is 21.7. The molecule has 0 saturated carbocycles. The predicted molar refractivity (Wildman–Crippen MR) is 116 cm³/mol. The molecule has 1 saturated heterocycles. The van der Waals surface area contributed by atoms with E-state index in [1.54, 1.807) is 23.9 Å². The van der Waals surface area contributed by atoms with E-state index in [4.69, 9.17) is 4.74 Å². The van der Waals surface area contributed by atoms with Crippen LogP contribution in [0.2, 0.25) is 0 Å². The fourth-order valence-corrected chi connectivity index (χ4v) is 5.44. The molecule has 2 aromatic rings. The van der Waals surface area contributed by atoms with Gasteiger partial charge in [-0.1, -0.05) is 12.1 Å². The van der Waals surface area contributed by atoms with Gasteiger partial charge in [0.15, 0.2) is 0 Å². The third kappa shape index (κ3) is 4.85. The summed E-state index contributed by atoms with van der Waals surface area (Å²) in [5.74, 6) is -1.08. The summed E-state index contributed by atoms with van der Waals surface area (Å²) in [6.07, 6.45) is 2.81. The Morgan fingerprint density at radius 2 is 1.70 bits per heavy atom. The van der Waals surface area contributed by atoms with Gasteiger partial charge in [-0.15, -0.1) is 11.8 Å². The highest BCUT2D eigenvalue weighted by Gasteiger charge is 2.34. The summed E-state index contributed by atoms with van der Waals surface area (Å²) in [7, 11) is -2.65. The minimum absolute atomic E-state index is 0.00792. The van der Waals surface area contributed by atoms with Crippen LogP contribution >= 0.6 is 11.8 Å². The average molecular weight is 449 g/mol. The van der Waals surface area contributed by atoms with Gasteiger partial charge in [0.1, 0.15) is 0 Å². The largest absolute Gasteiger partial charge is 0.465 e. The highest BCUT2D eigenvalue weighted by molar-refractivity contribution is 7.98. The first kappa shape index (κ1) is 22.3. The summed E-state index contributed by atoms with van der Waals surface area (Å²) >= 11 is 1.63. The highest BCUT2D eigenvalue weighted by Crippen LogP contribution is 2.27. The van der Waals surface area contributed by atoms with Crippen LogP contribution in [0.1, 0.15) is 23.2 Å². The number of benzene rings is 2. The summed E-state index contributed by atoms with van der Waals surface area (Å²) in [6, 6.07) is 13.6. The molecule has 1 aliphatic heterocycles. The Labute approximate surface area is 180 Å². The van der Waals surface area contributed by atoms with Crippen molar-refractivity contribution in [1.82, 2.24) is 4.31 Å². The lowest BCUT2D eigenvalue weighted by Gasteiger charge is -2.31. The van der Waals surface area contributed by atoms with Crippen molar-refractivity contribution >= 4 is 39.3 Å². The molecule has 1 aliphatic rings. The molecular formula is C21H24N2O5S2. The van der Waals surface area contributed by atoms with Crippen LogP contribution in [-0.4, -0.2) is 51.1 Å². The third-order valence-corrected chi connectivity index (χ3v) is 7.79. The molecule has 0 unspecified atom stereocenters. The standard InChI is InChI=1S/C21H24N2O5S2/c1-28-21(25)18-5-3-4-6-19(18)30(26,27)23-13-11-15(12-14-23)20(24)22-16-7-9-17(29-2)10-8-16/h3-10,15H,11-14H2,1-2H3,(H,22,24). The number of sulfonamides is 1. The topological polar surface area (TPSA) is 92.8 Å². The van der Waals surface area contributed by atoms with Crippen LogP contribution in [0.3, 0.4) is 0 Å². The number of rotatable bonds is 6. The van der Waals surface area contributed by atoms with Crippen LogP contribution in [0.4, 0.5) is 5.69 Å². The first-order chi connectivity index (χ1) is 14.4. The molecule has 1 amide bonds. The number of amides is 1. The Morgan fingerprint density at radius 1 is 1.07 bits per heavy atom. The van der Waals surface area contributed by atoms with Gasteiger partial charge >= 0.3 is 5.97 Å². The number of anilines is 1. The van der Waals surface area contributed by atoms with Gasteiger partial charge in [-0.25, -0.2) is 13.2 Å². The number of esters is 1. The Hall–Kier alpha value is -2.36. The number of hydrogen-bond acceptors (Lipinski definition) is 6. The maximum Gasteiger partial charge on any atom is 0.339 e. The van der Waals surface area contributed by atoms with E-state index in [2.05, 4.69) is 5.32 Å². The monoisotopic (exact) mass is 448 g/mol. The average Bonchev–Trinajstić information content (AvgIpc) is 2.79. The van der Waals surface area contributed by atoms with Crippen LogP contribution in [0, 0.1) is 5.92 Å². The Kier molecular flexibility index (Phi) is 7.17. The van der Waals surface area contributed by atoms with E-state index in [0.29, 0.717) is 12.8 Å². The second-order valence-corrected chi connectivity index (χ2v) is 9.67. The predicted octanol–water partition coefficient (Wildman–Crippen LogP) is 3.23. The molecule has 0 aliphatic carbocycles. The molecule has 1 fully saturated rings. The highest BCUT2D eigenvalue weighted by atomic mass is 32.2. The smallest absolute Gasteiger partial charge is 0.339 e. The SMILES string of the molecule is COC(=O)c1ccccc1S(=O)(=O)N1CCC(C(=O)Nc2ccc(SC)cc2)CC1. The molecule has 0 atom stereocenters. The molecule has 30 heavy (non-hydrogen) atoms. The summed E-state index contributed by atoms with van der Waals surface area (Å²) in [4.78, 5) is 25.6. The molecule has 9 heteroatoms. The maximum atomic E-state index is 13.1. The van der Waals surface area contributed by atoms with E-state index >= 15 is 0 Å². The molecule has 0 spiro atoms. The van der Waals surface area contributed by atoms with E-state index in [0.717, 1.165) is 10.6 Å². The van der Waals surface area contributed by atoms with Crippen LogP contribution in [0.15, 0.2) is 58.3 Å². The molecule has 1 heterocycles. The van der Waals surface area contributed by atoms with Crippen molar-refractivity contribution in [1.29, 1.82) is 0 Å². The van der Waals surface area contributed by atoms with Gasteiger partial charge < -0.3 is 10.1 Å². The first-order valence-electron chi connectivity index (χ1n) is 9.49. The summed E-state index contributed by atoms with van der Waals surface area (Å²) in [6.45, 7) is 0.419. The lowest BCUT2D eigenvalue weighted by molar-refractivity contribution is -0.120. The molecule has 1 N–H and O–H groups in total. The van der Waals surface area contributed by atoms with E-state index in [1.807, 2.05) is 30.5 Å². The van der Waals surface area contributed by atoms with Gasteiger partial charge in [0, 0.05) is 29.6 Å². The van der Waals surface area contributed by atoms with Crippen LogP contribution in [-0.2, 0) is 19.6 Å². The number of nitrogens with one attached hydrogen (secondary N) is 1. The third-order valence-electron chi connectivity index (χ3n) is 5.09. The van der Waals surface area contributed by atoms with Crippen molar-refractivity contribution in [2.45, 2.75) is 22.6 Å². The molecular weight excluding hydrogens is 424 g/mol. The maximum absolute atomic E-state index is 13.1. The molecule has 0 aromatic heterocycles. The minimum atomic E-state index is -3.87. The van der Waals surface area contributed by atoms with Crippen molar-refractivity contribution in [3.8, 4) is 0 Å². The quantitative estimate of drug-likeness (QED) is 0.539. The zero-order valence-corrected chi connectivity index (χ0v) is 18.5. The van der Waals surface area contributed by atoms with Crippen LogP contribution in [0.25, 0.3) is 0 Å². The molecule has 0 bridgehead atoms. The second-order valence-electron chi connectivity index (χ2n) is 6.88. The van der Waals surface area contributed by atoms with Crippen molar-refractivity contribution in [3.63, 3.8) is 0 Å². The fourth-order valence-electron chi connectivity index (χ4n) is 3.39. The van der Waals surface area contributed by atoms with Gasteiger partial charge in [-0.05, 0) is 55.5 Å². The number of carbonyl (C=O) groups excluding carboxylic acids is 2. The van der Waals surface area contributed by atoms with E-state index < -0.39 is 16.0 Å². The second kappa shape index (κ2) is 9.63. The van der Waals surface area contributed by atoms with Gasteiger partial charge in [0.05, 0.1) is 17.6 Å². The number of methoxy groups -OCH3 is 1. The van der Waals surface area contributed by atoms with Crippen molar-refractivity contribution in [2.24, 2.45) is 5.92 Å². The summed E-state index contributed by atoms with van der Waals surface area (Å²) < 4.78 is 32.2.